The zero-order valence-corrected chi connectivity index (χ0v) is 10.5. The molecular formula is C11H15BrFNO. The van der Waals surface area contributed by atoms with Crippen molar-refractivity contribution in [2.75, 3.05) is 19.0 Å². The molecule has 1 N–H and O–H groups in total. The molecule has 2 nitrogen and oxygen atoms in total. The summed E-state index contributed by atoms with van der Waals surface area (Å²) in [7, 11) is 1.67. The molecule has 1 aromatic carbocycles. The van der Waals surface area contributed by atoms with E-state index in [2.05, 4.69) is 28.2 Å². The van der Waals surface area contributed by atoms with Gasteiger partial charge < -0.3 is 10.1 Å². The van der Waals surface area contributed by atoms with Crippen LogP contribution in [0.15, 0.2) is 22.7 Å². The zero-order chi connectivity index (χ0) is 11.3. The van der Waals surface area contributed by atoms with Crippen LogP contribution in [0.3, 0.4) is 0 Å². The first-order valence-corrected chi connectivity index (χ1v) is 5.67. The van der Waals surface area contributed by atoms with Crippen LogP contribution in [0.2, 0.25) is 0 Å². The van der Waals surface area contributed by atoms with Crippen LogP contribution in [0.5, 0.6) is 0 Å². The van der Waals surface area contributed by atoms with Crippen LogP contribution in [0, 0.1) is 5.82 Å². The zero-order valence-electron chi connectivity index (χ0n) is 8.89. The van der Waals surface area contributed by atoms with Gasteiger partial charge in [0.05, 0.1) is 6.61 Å². The summed E-state index contributed by atoms with van der Waals surface area (Å²) in [5.41, 5.74) is 0.889. The normalized spacial score (nSPS) is 12.5. The number of anilines is 1. The van der Waals surface area contributed by atoms with E-state index in [1.165, 1.54) is 12.1 Å². The number of nitrogens with one attached hydrogen (secondary N) is 1. The summed E-state index contributed by atoms with van der Waals surface area (Å²) in [6.07, 6.45) is 0.956. The van der Waals surface area contributed by atoms with Crippen molar-refractivity contribution in [1.29, 1.82) is 0 Å². The summed E-state index contributed by atoms with van der Waals surface area (Å²) in [6.45, 7) is 2.72. The van der Waals surface area contributed by atoms with Gasteiger partial charge in [-0.25, -0.2) is 4.39 Å². The smallest absolute Gasteiger partial charge is 0.124 e. The highest BCUT2D eigenvalue weighted by Gasteiger charge is 2.08. The number of halogens is 2. The van der Waals surface area contributed by atoms with E-state index < -0.39 is 0 Å². The molecule has 1 aromatic rings. The third-order valence-corrected chi connectivity index (χ3v) is 2.81. The molecule has 0 aromatic heterocycles. The quantitative estimate of drug-likeness (QED) is 0.889. The van der Waals surface area contributed by atoms with E-state index in [1.54, 1.807) is 13.2 Å². The largest absolute Gasteiger partial charge is 0.383 e. The van der Waals surface area contributed by atoms with Gasteiger partial charge in [0, 0.05) is 23.3 Å². The van der Waals surface area contributed by atoms with E-state index in [-0.39, 0.29) is 11.9 Å². The second-order valence-electron chi connectivity index (χ2n) is 3.33. The standard InChI is InChI=1S/C11H15BrFNO/c1-3-9(7-15-2)14-11-5-4-8(13)6-10(11)12/h4-6,9,14H,3,7H2,1-2H3. The topological polar surface area (TPSA) is 21.3 Å². The van der Waals surface area contributed by atoms with Crippen molar-refractivity contribution >= 4 is 21.6 Å². The molecule has 0 saturated carbocycles. The maximum atomic E-state index is 12.8. The molecule has 0 amide bonds. The van der Waals surface area contributed by atoms with Crippen molar-refractivity contribution in [3.05, 3.63) is 28.5 Å². The third-order valence-electron chi connectivity index (χ3n) is 2.15. The minimum Gasteiger partial charge on any atom is -0.383 e. The maximum Gasteiger partial charge on any atom is 0.124 e. The molecule has 0 bridgehead atoms. The molecule has 0 aliphatic heterocycles. The Hall–Kier alpha value is -0.610. The molecule has 0 aliphatic carbocycles. The number of hydrogen-bond donors (Lipinski definition) is 1. The minimum atomic E-state index is -0.243. The lowest BCUT2D eigenvalue weighted by Crippen LogP contribution is -2.24. The van der Waals surface area contributed by atoms with Gasteiger partial charge in [0.15, 0.2) is 0 Å². The van der Waals surface area contributed by atoms with E-state index in [1.807, 2.05) is 0 Å². The van der Waals surface area contributed by atoms with Gasteiger partial charge in [-0.2, -0.15) is 0 Å². The first-order valence-electron chi connectivity index (χ1n) is 4.88. The summed E-state index contributed by atoms with van der Waals surface area (Å²) in [4.78, 5) is 0. The van der Waals surface area contributed by atoms with Gasteiger partial charge >= 0.3 is 0 Å². The fraction of sp³-hybridized carbons (Fsp3) is 0.455. The van der Waals surface area contributed by atoms with Crippen LogP contribution in [0.1, 0.15) is 13.3 Å². The van der Waals surface area contributed by atoms with Crippen LogP contribution in [0.4, 0.5) is 10.1 Å². The highest BCUT2D eigenvalue weighted by Crippen LogP contribution is 2.24. The summed E-state index contributed by atoms with van der Waals surface area (Å²) < 4.78 is 18.6. The van der Waals surface area contributed by atoms with Gasteiger partial charge in [-0.3, -0.25) is 0 Å². The molecule has 1 atom stereocenters. The summed E-state index contributed by atoms with van der Waals surface area (Å²) >= 11 is 3.31. The van der Waals surface area contributed by atoms with Crippen molar-refractivity contribution in [1.82, 2.24) is 0 Å². The molecule has 0 spiro atoms. The Bertz CT molecular complexity index is 319. The predicted octanol–water partition coefficient (Wildman–Crippen LogP) is 3.43. The molecule has 1 rings (SSSR count). The van der Waals surface area contributed by atoms with Crippen LogP contribution >= 0.6 is 15.9 Å². The van der Waals surface area contributed by atoms with Crippen LogP contribution in [0.25, 0.3) is 0 Å². The highest BCUT2D eigenvalue weighted by atomic mass is 79.9. The summed E-state index contributed by atoms with van der Waals surface area (Å²) in [5.74, 6) is -0.243. The number of hydrogen-bond acceptors (Lipinski definition) is 2. The summed E-state index contributed by atoms with van der Waals surface area (Å²) in [6, 6.07) is 4.85. The lowest BCUT2D eigenvalue weighted by atomic mass is 10.2. The maximum absolute atomic E-state index is 12.8. The Balaban J connectivity index is 2.70. The Morgan fingerprint density at radius 3 is 2.80 bits per heavy atom. The van der Waals surface area contributed by atoms with Crippen molar-refractivity contribution in [3.8, 4) is 0 Å². The fourth-order valence-corrected chi connectivity index (χ4v) is 1.75. The van der Waals surface area contributed by atoms with E-state index in [4.69, 9.17) is 4.74 Å². The highest BCUT2D eigenvalue weighted by molar-refractivity contribution is 9.10. The Labute approximate surface area is 98.0 Å². The van der Waals surface area contributed by atoms with Crippen molar-refractivity contribution < 1.29 is 9.13 Å². The molecule has 0 saturated heterocycles. The van der Waals surface area contributed by atoms with Gasteiger partial charge in [0.2, 0.25) is 0 Å². The molecular weight excluding hydrogens is 261 g/mol. The van der Waals surface area contributed by atoms with Crippen molar-refractivity contribution in [2.45, 2.75) is 19.4 Å². The number of rotatable bonds is 5. The van der Waals surface area contributed by atoms with E-state index in [0.29, 0.717) is 6.61 Å². The average molecular weight is 276 g/mol. The van der Waals surface area contributed by atoms with Crippen LogP contribution < -0.4 is 5.32 Å². The predicted molar refractivity (Wildman–Crippen MR) is 63.7 cm³/mol. The van der Waals surface area contributed by atoms with Gasteiger partial charge in [-0.15, -0.1) is 0 Å². The van der Waals surface area contributed by atoms with Gasteiger partial charge in [-0.1, -0.05) is 6.92 Å². The van der Waals surface area contributed by atoms with Gasteiger partial charge in [0.25, 0.3) is 0 Å². The molecule has 0 radical (unpaired) electrons. The second-order valence-corrected chi connectivity index (χ2v) is 4.18. The van der Waals surface area contributed by atoms with Crippen molar-refractivity contribution in [3.63, 3.8) is 0 Å². The van der Waals surface area contributed by atoms with Crippen LogP contribution in [-0.4, -0.2) is 19.8 Å². The van der Waals surface area contributed by atoms with Gasteiger partial charge in [-0.05, 0) is 40.5 Å². The summed E-state index contributed by atoms with van der Waals surface area (Å²) in [5, 5.41) is 3.29. The third kappa shape index (κ3) is 3.80. The SMILES string of the molecule is CCC(COC)Nc1ccc(F)cc1Br. The minimum absolute atomic E-state index is 0.243. The molecule has 15 heavy (non-hydrogen) atoms. The van der Waals surface area contributed by atoms with Gasteiger partial charge in [0.1, 0.15) is 5.82 Å². The molecule has 0 fully saturated rings. The first kappa shape index (κ1) is 12.5. The first-order chi connectivity index (χ1) is 7.17. The Morgan fingerprint density at radius 2 is 2.27 bits per heavy atom. The number of benzene rings is 1. The molecule has 84 valence electrons. The van der Waals surface area contributed by atoms with Crippen LogP contribution in [-0.2, 0) is 4.74 Å². The lowest BCUT2D eigenvalue weighted by Gasteiger charge is -2.18. The number of ether oxygens (including phenoxy) is 1. The molecule has 0 heterocycles. The Kier molecular flexibility index (Phi) is 5.05. The van der Waals surface area contributed by atoms with E-state index >= 15 is 0 Å². The fourth-order valence-electron chi connectivity index (χ4n) is 1.29. The lowest BCUT2D eigenvalue weighted by molar-refractivity contribution is 0.184. The monoisotopic (exact) mass is 275 g/mol. The molecule has 1 unspecified atom stereocenters. The Morgan fingerprint density at radius 1 is 1.53 bits per heavy atom. The van der Waals surface area contributed by atoms with Crippen molar-refractivity contribution in [2.24, 2.45) is 0 Å². The molecule has 4 heteroatoms. The second kappa shape index (κ2) is 6.08. The van der Waals surface area contributed by atoms with E-state index in [9.17, 15) is 4.39 Å². The molecule has 0 aliphatic rings. The average Bonchev–Trinajstić information content (AvgIpc) is 2.21. The van der Waals surface area contributed by atoms with E-state index in [0.717, 1.165) is 16.6 Å². The number of methoxy groups -OCH3 is 1.